The molecule has 0 aliphatic carbocycles. The van der Waals surface area contributed by atoms with Crippen LogP contribution in [-0.2, 0) is 20.8 Å². The summed E-state index contributed by atoms with van der Waals surface area (Å²) in [6.45, 7) is 6.46. The highest BCUT2D eigenvalue weighted by atomic mass is 32.1. The van der Waals surface area contributed by atoms with E-state index in [0.717, 1.165) is 30.7 Å². The van der Waals surface area contributed by atoms with Crippen molar-refractivity contribution in [2.75, 3.05) is 26.9 Å². The van der Waals surface area contributed by atoms with E-state index in [1.165, 1.54) is 18.4 Å². The highest BCUT2D eigenvalue weighted by molar-refractivity contribution is 7.09. The molecular formula is C17H28N2O4S. The summed E-state index contributed by atoms with van der Waals surface area (Å²) in [5.41, 5.74) is 0.296. The van der Waals surface area contributed by atoms with Crippen LogP contribution in [0.2, 0.25) is 0 Å². The molecule has 0 saturated carbocycles. The minimum absolute atomic E-state index is 0.134. The average Bonchev–Trinajstić information content (AvgIpc) is 3.05. The number of hydrogen-bond acceptors (Lipinski definition) is 6. The fraction of sp³-hybridized carbons (Fsp3) is 0.706. The molecule has 1 aromatic heterocycles. The number of carbonyl (C=O) groups is 2. The zero-order chi connectivity index (χ0) is 17.8. The van der Waals surface area contributed by atoms with E-state index in [-0.39, 0.29) is 5.91 Å². The zero-order valence-corrected chi connectivity index (χ0v) is 15.7. The van der Waals surface area contributed by atoms with Gasteiger partial charge in [0.05, 0.1) is 13.7 Å². The molecule has 1 aromatic rings. The van der Waals surface area contributed by atoms with Crippen LogP contribution >= 0.6 is 11.3 Å². The Hall–Kier alpha value is -1.47. The van der Waals surface area contributed by atoms with E-state index in [4.69, 9.17) is 4.74 Å². The largest absolute Gasteiger partial charge is 0.464 e. The quantitative estimate of drug-likeness (QED) is 0.425. The summed E-state index contributed by atoms with van der Waals surface area (Å²) in [5.74, 6) is -0.315. The molecule has 6 nitrogen and oxygen atoms in total. The van der Waals surface area contributed by atoms with Crippen LogP contribution in [0.1, 0.15) is 61.4 Å². The van der Waals surface area contributed by atoms with Crippen molar-refractivity contribution in [3.8, 4) is 0 Å². The Kier molecular flexibility index (Phi) is 10.3. The second-order valence-electron chi connectivity index (χ2n) is 5.44. The third-order valence-corrected chi connectivity index (χ3v) is 4.37. The number of ether oxygens (including phenoxy) is 2. The normalized spacial score (nSPS) is 10.6. The van der Waals surface area contributed by atoms with Crippen LogP contribution < -0.4 is 0 Å². The number of hydrogen-bond donors (Lipinski definition) is 0. The maximum Gasteiger partial charge on any atom is 0.357 e. The number of esters is 1. The number of amides is 1. The number of thiazole rings is 1. The molecule has 1 amide bonds. The lowest BCUT2D eigenvalue weighted by molar-refractivity contribution is -0.132. The van der Waals surface area contributed by atoms with Gasteiger partial charge in [-0.2, -0.15) is 0 Å². The summed E-state index contributed by atoms with van der Waals surface area (Å²) in [6, 6.07) is 0. The predicted octanol–water partition coefficient (Wildman–Crippen LogP) is 3.27. The molecule has 7 heteroatoms. The lowest BCUT2D eigenvalue weighted by Gasteiger charge is -2.21. The molecule has 0 N–H and O–H groups in total. The van der Waals surface area contributed by atoms with Crippen LogP contribution in [0.3, 0.4) is 0 Å². The highest BCUT2D eigenvalue weighted by Gasteiger charge is 2.17. The summed E-state index contributed by atoms with van der Waals surface area (Å²) in [5, 5.41) is 2.41. The van der Waals surface area contributed by atoms with Gasteiger partial charge in [0.1, 0.15) is 5.01 Å². The van der Waals surface area contributed by atoms with Gasteiger partial charge in [0.25, 0.3) is 0 Å². The molecule has 136 valence electrons. The molecule has 0 atom stereocenters. The number of rotatable bonds is 12. The third-order valence-electron chi connectivity index (χ3n) is 3.54. The predicted molar refractivity (Wildman–Crippen MR) is 94.1 cm³/mol. The summed E-state index contributed by atoms with van der Waals surface area (Å²) in [6.07, 6.45) is 4.40. The summed E-state index contributed by atoms with van der Waals surface area (Å²) in [7, 11) is 1.33. The van der Waals surface area contributed by atoms with Gasteiger partial charge in [-0.25, -0.2) is 9.78 Å². The van der Waals surface area contributed by atoms with Crippen LogP contribution in [0.15, 0.2) is 5.38 Å². The SMILES string of the molecule is CCCCCC(=O)N(CCCOCC)Cc1nc(C(=O)OC)cs1. The molecule has 24 heavy (non-hydrogen) atoms. The van der Waals surface area contributed by atoms with Crippen LogP contribution in [0, 0.1) is 0 Å². The first kappa shape index (κ1) is 20.6. The lowest BCUT2D eigenvalue weighted by atomic mass is 10.2. The van der Waals surface area contributed by atoms with Crippen molar-refractivity contribution in [1.82, 2.24) is 9.88 Å². The van der Waals surface area contributed by atoms with Crippen LogP contribution in [0.5, 0.6) is 0 Å². The van der Waals surface area contributed by atoms with Gasteiger partial charge < -0.3 is 14.4 Å². The molecule has 0 saturated heterocycles. The Morgan fingerprint density at radius 1 is 1.25 bits per heavy atom. The Labute approximate surface area is 148 Å². The maximum absolute atomic E-state index is 12.5. The van der Waals surface area contributed by atoms with Crippen molar-refractivity contribution in [2.45, 2.75) is 52.5 Å². The van der Waals surface area contributed by atoms with Gasteiger partial charge in [-0.1, -0.05) is 19.8 Å². The summed E-state index contributed by atoms with van der Waals surface area (Å²) in [4.78, 5) is 30.0. The van der Waals surface area contributed by atoms with Crippen molar-refractivity contribution in [3.05, 3.63) is 16.1 Å². The lowest BCUT2D eigenvalue weighted by Crippen LogP contribution is -2.32. The summed E-state index contributed by atoms with van der Waals surface area (Å²) < 4.78 is 10.0. The fourth-order valence-corrected chi connectivity index (χ4v) is 3.00. The van der Waals surface area contributed by atoms with E-state index in [2.05, 4.69) is 16.6 Å². The van der Waals surface area contributed by atoms with E-state index >= 15 is 0 Å². The van der Waals surface area contributed by atoms with Crippen molar-refractivity contribution < 1.29 is 19.1 Å². The summed E-state index contributed by atoms with van der Waals surface area (Å²) >= 11 is 1.37. The van der Waals surface area contributed by atoms with Crippen molar-refractivity contribution in [2.24, 2.45) is 0 Å². The van der Waals surface area contributed by atoms with Gasteiger partial charge in [0.15, 0.2) is 5.69 Å². The smallest absolute Gasteiger partial charge is 0.357 e. The minimum Gasteiger partial charge on any atom is -0.464 e. The number of carbonyl (C=O) groups excluding carboxylic acids is 2. The van der Waals surface area contributed by atoms with Gasteiger partial charge in [0, 0.05) is 31.6 Å². The number of unbranched alkanes of at least 4 members (excludes halogenated alkanes) is 2. The molecule has 1 heterocycles. The topological polar surface area (TPSA) is 68.7 Å². The van der Waals surface area contributed by atoms with Gasteiger partial charge in [-0.05, 0) is 19.8 Å². The van der Waals surface area contributed by atoms with Gasteiger partial charge >= 0.3 is 5.97 Å². The Bertz CT molecular complexity index is 505. The van der Waals surface area contributed by atoms with E-state index in [1.807, 2.05) is 11.8 Å². The molecule has 0 aliphatic heterocycles. The Balaban J connectivity index is 2.63. The fourth-order valence-electron chi connectivity index (χ4n) is 2.22. The minimum atomic E-state index is -0.449. The molecular weight excluding hydrogens is 328 g/mol. The number of aromatic nitrogens is 1. The van der Waals surface area contributed by atoms with Crippen molar-refractivity contribution in [3.63, 3.8) is 0 Å². The average molecular weight is 356 g/mol. The van der Waals surface area contributed by atoms with E-state index in [0.29, 0.717) is 38.4 Å². The molecule has 1 rings (SSSR count). The van der Waals surface area contributed by atoms with Gasteiger partial charge in [-0.3, -0.25) is 4.79 Å². The zero-order valence-electron chi connectivity index (χ0n) is 14.9. The Morgan fingerprint density at radius 3 is 2.71 bits per heavy atom. The number of nitrogens with zero attached hydrogens (tertiary/aromatic N) is 2. The van der Waals surface area contributed by atoms with Crippen LogP contribution in [0.4, 0.5) is 0 Å². The van der Waals surface area contributed by atoms with Gasteiger partial charge in [-0.15, -0.1) is 11.3 Å². The first-order valence-corrected chi connectivity index (χ1v) is 9.38. The molecule has 0 aromatic carbocycles. The van der Waals surface area contributed by atoms with E-state index < -0.39 is 5.97 Å². The number of methoxy groups -OCH3 is 1. The second-order valence-corrected chi connectivity index (χ2v) is 6.38. The first-order valence-electron chi connectivity index (χ1n) is 8.50. The molecule has 0 bridgehead atoms. The van der Waals surface area contributed by atoms with E-state index in [9.17, 15) is 9.59 Å². The first-order chi connectivity index (χ1) is 11.6. The van der Waals surface area contributed by atoms with Crippen molar-refractivity contribution >= 4 is 23.2 Å². The van der Waals surface area contributed by atoms with Gasteiger partial charge in [0.2, 0.25) is 5.91 Å². The van der Waals surface area contributed by atoms with E-state index in [1.54, 1.807) is 5.38 Å². The maximum atomic E-state index is 12.5. The second kappa shape index (κ2) is 12.0. The molecule has 0 spiro atoms. The Morgan fingerprint density at radius 2 is 2.04 bits per heavy atom. The standard InChI is InChI=1S/C17H28N2O4S/c1-4-6-7-9-16(20)19(10-8-11-23-5-2)12-15-18-14(13-24-15)17(21)22-3/h13H,4-12H2,1-3H3. The molecule has 0 radical (unpaired) electrons. The van der Waals surface area contributed by atoms with Crippen LogP contribution in [0.25, 0.3) is 0 Å². The molecule has 0 unspecified atom stereocenters. The monoisotopic (exact) mass is 356 g/mol. The molecule has 0 fully saturated rings. The molecule has 0 aliphatic rings. The highest BCUT2D eigenvalue weighted by Crippen LogP contribution is 2.15. The van der Waals surface area contributed by atoms with Crippen molar-refractivity contribution in [1.29, 1.82) is 0 Å². The van der Waals surface area contributed by atoms with Crippen LogP contribution in [-0.4, -0.2) is 48.6 Å². The third kappa shape index (κ3) is 7.40.